The second-order valence-electron chi connectivity index (χ2n) is 4.31. The summed E-state index contributed by atoms with van der Waals surface area (Å²) in [6.45, 7) is 6.03. The molecule has 0 aromatic carbocycles. The predicted octanol–water partition coefficient (Wildman–Crippen LogP) is 0.617. The Hall–Kier alpha value is -1.07. The van der Waals surface area contributed by atoms with Crippen LogP contribution < -0.4 is 11.1 Å². The predicted molar refractivity (Wildman–Crippen MR) is 65.8 cm³/mol. The maximum absolute atomic E-state index is 11.8. The highest BCUT2D eigenvalue weighted by Crippen LogP contribution is 2.08. The molecule has 1 aromatic rings. The van der Waals surface area contributed by atoms with E-state index in [4.69, 9.17) is 5.73 Å². The number of aromatic nitrogens is 2. The number of halogens is 1. The number of hydrogen-bond donors (Lipinski definition) is 2. The minimum absolute atomic E-state index is 0. The zero-order valence-corrected chi connectivity index (χ0v) is 10.9. The fourth-order valence-electron chi connectivity index (χ4n) is 1.15. The first-order chi connectivity index (χ1) is 6.87. The second kappa shape index (κ2) is 5.32. The molecule has 6 heteroatoms. The van der Waals surface area contributed by atoms with Crippen molar-refractivity contribution in [1.82, 2.24) is 15.1 Å². The van der Waals surface area contributed by atoms with Gasteiger partial charge in [0.1, 0.15) is 0 Å². The van der Waals surface area contributed by atoms with Crippen molar-refractivity contribution in [2.24, 2.45) is 12.8 Å². The summed E-state index contributed by atoms with van der Waals surface area (Å²) in [6.07, 6.45) is 1.57. The van der Waals surface area contributed by atoms with E-state index in [-0.39, 0.29) is 23.9 Å². The maximum atomic E-state index is 11.8. The molecule has 1 heterocycles. The van der Waals surface area contributed by atoms with Crippen molar-refractivity contribution in [3.63, 3.8) is 0 Å². The van der Waals surface area contributed by atoms with Gasteiger partial charge in [-0.2, -0.15) is 5.10 Å². The van der Waals surface area contributed by atoms with Gasteiger partial charge in [-0.25, -0.2) is 0 Å². The summed E-state index contributed by atoms with van der Waals surface area (Å²) in [6, 6.07) is 0. The van der Waals surface area contributed by atoms with Gasteiger partial charge in [-0.3, -0.25) is 9.48 Å². The molecule has 0 aliphatic rings. The summed E-state index contributed by atoms with van der Waals surface area (Å²) in [5.74, 6) is -0.129. The van der Waals surface area contributed by atoms with Crippen molar-refractivity contribution in [2.75, 3.05) is 6.54 Å². The second-order valence-corrected chi connectivity index (χ2v) is 4.31. The monoisotopic (exact) mass is 246 g/mol. The summed E-state index contributed by atoms with van der Waals surface area (Å²) >= 11 is 0. The van der Waals surface area contributed by atoms with Crippen LogP contribution in [0.4, 0.5) is 0 Å². The third kappa shape index (κ3) is 3.21. The van der Waals surface area contributed by atoms with Gasteiger partial charge in [0.05, 0.1) is 11.8 Å². The van der Waals surface area contributed by atoms with E-state index < -0.39 is 0 Å². The van der Waals surface area contributed by atoms with E-state index in [0.717, 1.165) is 5.69 Å². The standard InChI is InChI=1S/C10H18N4O.ClH/c1-7-8(5-12-14(7)4)9(15)13-10(2,3)6-11;/h5H,6,11H2,1-4H3,(H,13,15);1H. The number of hydrogen-bond acceptors (Lipinski definition) is 3. The van der Waals surface area contributed by atoms with Gasteiger partial charge in [0.25, 0.3) is 5.91 Å². The minimum Gasteiger partial charge on any atom is -0.346 e. The number of carbonyl (C=O) groups is 1. The van der Waals surface area contributed by atoms with Crippen molar-refractivity contribution >= 4 is 18.3 Å². The molecule has 0 aliphatic heterocycles. The molecule has 1 amide bonds. The summed E-state index contributed by atoms with van der Waals surface area (Å²) in [5.41, 5.74) is 6.59. The SMILES string of the molecule is Cc1c(C(=O)NC(C)(C)CN)cnn1C.Cl. The zero-order chi connectivity index (χ0) is 11.6. The van der Waals surface area contributed by atoms with Crippen LogP contribution in [0, 0.1) is 6.92 Å². The maximum Gasteiger partial charge on any atom is 0.255 e. The lowest BCUT2D eigenvalue weighted by molar-refractivity contribution is 0.0915. The Morgan fingerprint density at radius 2 is 2.19 bits per heavy atom. The van der Waals surface area contributed by atoms with E-state index >= 15 is 0 Å². The van der Waals surface area contributed by atoms with Gasteiger partial charge in [0, 0.05) is 24.8 Å². The van der Waals surface area contributed by atoms with Crippen LogP contribution in [0.2, 0.25) is 0 Å². The quantitative estimate of drug-likeness (QED) is 0.821. The van der Waals surface area contributed by atoms with Crippen LogP contribution in [0.15, 0.2) is 6.20 Å². The van der Waals surface area contributed by atoms with E-state index in [1.54, 1.807) is 17.9 Å². The molecule has 1 aromatic heterocycles. The molecule has 0 aliphatic carbocycles. The summed E-state index contributed by atoms with van der Waals surface area (Å²) in [4.78, 5) is 11.8. The van der Waals surface area contributed by atoms with Crippen LogP contribution in [0.3, 0.4) is 0 Å². The molecule has 16 heavy (non-hydrogen) atoms. The topological polar surface area (TPSA) is 72.9 Å². The molecular formula is C10H19ClN4O. The Balaban J connectivity index is 0.00000225. The van der Waals surface area contributed by atoms with E-state index in [1.807, 2.05) is 20.8 Å². The molecule has 0 bridgehead atoms. The molecule has 1 rings (SSSR count). The highest BCUT2D eigenvalue weighted by Gasteiger charge is 2.21. The van der Waals surface area contributed by atoms with Gasteiger partial charge < -0.3 is 11.1 Å². The van der Waals surface area contributed by atoms with Crippen LogP contribution >= 0.6 is 12.4 Å². The van der Waals surface area contributed by atoms with Crippen molar-refractivity contribution in [2.45, 2.75) is 26.3 Å². The Kier molecular flexibility index (Phi) is 4.96. The van der Waals surface area contributed by atoms with Crippen LogP contribution in [0.25, 0.3) is 0 Å². The zero-order valence-electron chi connectivity index (χ0n) is 10.1. The third-order valence-corrected chi connectivity index (χ3v) is 2.44. The molecule has 0 spiro atoms. The largest absolute Gasteiger partial charge is 0.346 e. The van der Waals surface area contributed by atoms with E-state index in [2.05, 4.69) is 10.4 Å². The highest BCUT2D eigenvalue weighted by atomic mass is 35.5. The van der Waals surface area contributed by atoms with E-state index in [9.17, 15) is 4.79 Å². The molecule has 92 valence electrons. The lowest BCUT2D eigenvalue weighted by Gasteiger charge is -2.23. The minimum atomic E-state index is -0.390. The van der Waals surface area contributed by atoms with Gasteiger partial charge in [0.2, 0.25) is 0 Å². The van der Waals surface area contributed by atoms with Crippen LogP contribution in [-0.4, -0.2) is 27.8 Å². The number of amides is 1. The highest BCUT2D eigenvalue weighted by molar-refractivity contribution is 5.95. The first-order valence-corrected chi connectivity index (χ1v) is 4.88. The van der Waals surface area contributed by atoms with Gasteiger partial charge in [-0.15, -0.1) is 12.4 Å². The van der Waals surface area contributed by atoms with Crippen molar-refractivity contribution in [3.8, 4) is 0 Å². The first kappa shape index (κ1) is 14.9. The normalized spacial score (nSPS) is 10.8. The number of carbonyl (C=O) groups excluding carboxylic acids is 1. The number of nitrogens with two attached hydrogens (primary N) is 1. The molecular weight excluding hydrogens is 228 g/mol. The number of nitrogens with zero attached hydrogens (tertiary/aromatic N) is 2. The van der Waals surface area contributed by atoms with E-state index in [1.165, 1.54) is 0 Å². The van der Waals surface area contributed by atoms with Gasteiger partial charge in [-0.1, -0.05) is 0 Å². The Labute approximate surface area is 102 Å². The third-order valence-electron chi connectivity index (χ3n) is 2.44. The summed E-state index contributed by atoms with van der Waals surface area (Å²) < 4.78 is 1.67. The summed E-state index contributed by atoms with van der Waals surface area (Å²) in [7, 11) is 1.81. The van der Waals surface area contributed by atoms with Crippen molar-refractivity contribution < 1.29 is 4.79 Å². The Bertz CT molecular complexity index is 373. The lowest BCUT2D eigenvalue weighted by Crippen LogP contribution is -2.48. The van der Waals surface area contributed by atoms with Crippen LogP contribution in [0.5, 0.6) is 0 Å². The fraction of sp³-hybridized carbons (Fsp3) is 0.600. The van der Waals surface area contributed by atoms with Gasteiger partial charge >= 0.3 is 0 Å². The fourth-order valence-corrected chi connectivity index (χ4v) is 1.15. The molecule has 3 N–H and O–H groups in total. The Morgan fingerprint density at radius 3 is 2.56 bits per heavy atom. The number of rotatable bonds is 3. The van der Waals surface area contributed by atoms with Gasteiger partial charge in [0.15, 0.2) is 0 Å². The molecule has 0 saturated heterocycles. The number of aryl methyl sites for hydroxylation is 1. The van der Waals surface area contributed by atoms with Crippen molar-refractivity contribution in [1.29, 1.82) is 0 Å². The molecule has 0 fully saturated rings. The van der Waals surface area contributed by atoms with Crippen LogP contribution in [-0.2, 0) is 7.05 Å². The molecule has 0 atom stereocenters. The molecule has 0 radical (unpaired) electrons. The van der Waals surface area contributed by atoms with Gasteiger partial charge in [-0.05, 0) is 20.8 Å². The van der Waals surface area contributed by atoms with Crippen molar-refractivity contribution in [3.05, 3.63) is 17.5 Å². The average Bonchev–Trinajstić information content (AvgIpc) is 2.47. The number of nitrogens with one attached hydrogen (secondary N) is 1. The van der Waals surface area contributed by atoms with E-state index in [0.29, 0.717) is 12.1 Å². The lowest BCUT2D eigenvalue weighted by atomic mass is 10.1. The summed E-state index contributed by atoms with van der Waals surface area (Å²) in [5, 5.41) is 6.88. The molecule has 0 unspecified atom stereocenters. The first-order valence-electron chi connectivity index (χ1n) is 4.88. The Morgan fingerprint density at radius 1 is 1.62 bits per heavy atom. The average molecular weight is 247 g/mol. The molecule has 0 saturated carbocycles. The molecule has 5 nitrogen and oxygen atoms in total. The smallest absolute Gasteiger partial charge is 0.255 e. The van der Waals surface area contributed by atoms with Crippen LogP contribution in [0.1, 0.15) is 29.9 Å².